The van der Waals surface area contributed by atoms with Gasteiger partial charge in [0.05, 0.1) is 15.5 Å². The number of carbonyl (C=O) groups is 1. The van der Waals surface area contributed by atoms with Crippen molar-refractivity contribution in [3.05, 3.63) is 70.2 Å². The van der Waals surface area contributed by atoms with Crippen LogP contribution in [-0.2, 0) is 22.8 Å². The number of hydrogen-bond acceptors (Lipinski definition) is 6. The number of hydrogen-bond donors (Lipinski definition) is 1. The monoisotopic (exact) mass is 440 g/mol. The highest BCUT2D eigenvalue weighted by atomic mass is 32.2. The number of nitro groups is 1. The number of aromatic nitrogens is 2. The maximum atomic E-state index is 12.6. The predicted octanol–water partition coefficient (Wildman–Crippen LogP) is 3.45. The minimum absolute atomic E-state index is 0.111. The predicted molar refractivity (Wildman–Crippen MR) is 115 cm³/mol. The van der Waals surface area contributed by atoms with Gasteiger partial charge in [-0.2, -0.15) is 0 Å². The summed E-state index contributed by atoms with van der Waals surface area (Å²) in [5.74, 6) is 0.435. The first kappa shape index (κ1) is 20.7. The maximum absolute atomic E-state index is 12.6. The molecule has 2 aromatic carbocycles. The average molecular weight is 440 g/mol. The third-order valence-electron chi connectivity index (χ3n) is 5.14. The van der Waals surface area contributed by atoms with Crippen LogP contribution in [0.2, 0.25) is 0 Å². The number of non-ortho nitro benzene ring substituents is 1. The lowest BCUT2D eigenvalue weighted by molar-refractivity contribution is -0.385. The molecule has 1 aliphatic rings. The highest BCUT2D eigenvalue weighted by Gasteiger charge is 2.19. The highest BCUT2D eigenvalue weighted by Crippen LogP contribution is 2.25. The van der Waals surface area contributed by atoms with Crippen LogP contribution < -0.4 is 5.32 Å². The lowest BCUT2D eigenvalue weighted by Crippen LogP contribution is -2.13. The van der Waals surface area contributed by atoms with Crippen molar-refractivity contribution >= 4 is 27.1 Å². The Hall–Kier alpha value is -3.53. The molecule has 1 N–H and O–H groups in total. The Morgan fingerprint density at radius 2 is 1.90 bits per heavy atom. The molecule has 0 unspecified atom stereocenters. The van der Waals surface area contributed by atoms with Crippen LogP contribution >= 0.6 is 0 Å². The Balaban J connectivity index is 1.56. The summed E-state index contributed by atoms with van der Waals surface area (Å²) < 4.78 is 25.8. The van der Waals surface area contributed by atoms with Crippen molar-refractivity contribution in [2.24, 2.45) is 0 Å². The van der Waals surface area contributed by atoms with E-state index in [-0.39, 0.29) is 10.5 Å². The summed E-state index contributed by atoms with van der Waals surface area (Å²) in [5, 5.41) is 13.8. The number of imidazole rings is 1. The topological polar surface area (TPSA) is 124 Å². The van der Waals surface area contributed by atoms with E-state index in [0.29, 0.717) is 5.69 Å². The number of carbonyl (C=O) groups excluding carboxylic acids is 1. The summed E-state index contributed by atoms with van der Waals surface area (Å²) in [7, 11) is -3.72. The number of aryl methyl sites for hydroxylation is 2. The molecular formula is C21H20N4O5S. The average Bonchev–Trinajstić information content (AvgIpc) is 3.17. The van der Waals surface area contributed by atoms with Gasteiger partial charge in [-0.05, 0) is 31.0 Å². The molecule has 1 amide bonds. The minimum atomic E-state index is -3.72. The van der Waals surface area contributed by atoms with E-state index in [0.717, 1.165) is 67.3 Å². The molecule has 1 aromatic heterocycles. The second-order valence-corrected chi connectivity index (χ2v) is 9.48. The van der Waals surface area contributed by atoms with Gasteiger partial charge in [0.15, 0.2) is 9.84 Å². The maximum Gasteiger partial charge on any atom is 0.271 e. The fraction of sp³-hybridized carbons (Fsp3) is 0.238. The van der Waals surface area contributed by atoms with Crippen molar-refractivity contribution in [3.63, 3.8) is 0 Å². The molecule has 9 nitrogen and oxygen atoms in total. The Morgan fingerprint density at radius 3 is 2.55 bits per heavy atom. The SMILES string of the molecule is CS(=O)(=O)c1cc(C(=O)Nc2ccc(-c3cn4c(n3)CCCC4)cc2)cc([N+](=O)[O-])c1. The Labute approximate surface area is 178 Å². The number of anilines is 1. The second-order valence-electron chi connectivity index (χ2n) is 7.47. The van der Waals surface area contributed by atoms with Crippen LogP contribution in [0.1, 0.15) is 29.0 Å². The van der Waals surface area contributed by atoms with Gasteiger partial charge < -0.3 is 9.88 Å². The molecule has 0 radical (unpaired) electrons. The van der Waals surface area contributed by atoms with E-state index in [9.17, 15) is 23.3 Å². The van der Waals surface area contributed by atoms with Gasteiger partial charge >= 0.3 is 0 Å². The van der Waals surface area contributed by atoms with Gasteiger partial charge in [0.25, 0.3) is 11.6 Å². The van der Waals surface area contributed by atoms with Gasteiger partial charge in [-0.1, -0.05) is 12.1 Å². The number of nitro benzene ring substituents is 1. The molecule has 0 saturated heterocycles. The second kappa shape index (κ2) is 7.95. The van der Waals surface area contributed by atoms with Crippen molar-refractivity contribution in [1.82, 2.24) is 9.55 Å². The summed E-state index contributed by atoms with van der Waals surface area (Å²) >= 11 is 0. The van der Waals surface area contributed by atoms with Crippen molar-refractivity contribution in [3.8, 4) is 11.3 Å². The van der Waals surface area contributed by atoms with Crippen LogP contribution in [0.3, 0.4) is 0 Å². The molecule has 0 fully saturated rings. The highest BCUT2D eigenvalue weighted by molar-refractivity contribution is 7.90. The zero-order chi connectivity index (χ0) is 22.2. The van der Waals surface area contributed by atoms with E-state index in [2.05, 4.69) is 14.9 Å². The molecule has 1 aliphatic heterocycles. The summed E-state index contributed by atoms with van der Waals surface area (Å²) in [5.41, 5.74) is 1.68. The fourth-order valence-electron chi connectivity index (χ4n) is 3.51. The van der Waals surface area contributed by atoms with Gasteiger partial charge in [0.1, 0.15) is 5.82 Å². The van der Waals surface area contributed by atoms with Crippen LogP contribution in [0.15, 0.2) is 53.6 Å². The lowest BCUT2D eigenvalue weighted by Gasteiger charge is -2.11. The van der Waals surface area contributed by atoms with Crippen LogP contribution in [-0.4, -0.2) is 35.1 Å². The Bertz CT molecular complexity index is 1260. The summed E-state index contributed by atoms with van der Waals surface area (Å²) in [6.07, 6.45) is 6.21. The van der Waals surface area contributed by atoms with E-state index >= 15 is 0 Å². The summed E-state index contributed by atoms with van der Waals surface area (Å²) in [6.45, 7) is 0.967. The minimum Gasteiger partial charge on any atom is -0.334 e. The first-order valence-corrected chi connectivity index (χ1v) is 11.6. The summed E-state index contributed by atoms with van der Waals surface area (Å²) in [6, 6.07) is 10.2. The molecule has 160 valence electrons. The number of fused-ring (bicyclic) bond motifs is 1. The van der Waals surface area contributed by atoms with E-state index < -0.39 is 26.4 Å². The molecule has 0 atom stereocenters. The van der Waals surface area contributed by atoms with E-state index in [1.165, 1.54) is 0 Å². The van der Waals surface area contributed by atoms with Crippen molar-refractivity contribution in [2.45, 2.75) is 30.7 Å². The molecular weight excluding hydrogens is 420 g/mol. The lowest BCUT2D eigenvalue weighted by atomic mass is 10.1. The molecule has 3 aromatic rings. The Kier molecular flexibility index (Phi) is 5.32. The van der Waals surface area contributed by atoms with Gasteiger partial charge in [0, 0.05) is 54.4 Å². The first-order chi connectivity index (χ1) is 14.7. The van der Waals surface area contributed by atoms with Crippen molar-refractivity contribution < 1.29 is 18.1 Å². The van der Waals surface area contributed by atoms with E-state index in [1.54, 1.807) is 12.1 Å². The molecule has 0 aliphatic carbocycles. The number of benzene rings is 2. The molecule has 0 spiro atoms. The molecule has 2 heterocycles. The largest absolute Gasteiger partial charge is 0.334 e. The van der Waals surface area contributed by atoms with E-state index in [1.807, 2.05) is 18.3 Å². The van der Waals surface area contributed by atoms with Crippen LogP contribution in [0.5, 0.6) is 0 Å². The molecule has 10 heteroatoms. The molecule has 0 bridgehead atoms. The number of nitrogens with one attached hydrogen (secondary N) is 1. The third-order valence-corrected chi connectivity index (χ3v) is 6.23. The van der Waals surface area contributed by atoms with Gasteiger partial charge in [-0.15, -0.1) is 0 Å². The van der Waals surface area contributed by atoms with E-state index in [4.69, 9.17) is 0 Å². The number of rotatable bonds is 5. The molecule has 4 rings (SSSR count). The van der Waals surface area contributed by atoms with Crippen molar-refractivity contribution in [2.75, 3.05) is 11.6 Å². The van der Waals surface area contributed by atoms with Crippen LogP contribution in [0.25, 0.3) is 11.3 Å². The smallest absolute Gasteiger partial charge is 0.271 e. The molecule has 31 heavy (non-hydrogen) atoms. The van der Waals surface area contributed by atoms with Gasteiger partial charge in [-0.25, -0.2) is 13.4 Å². The van der Waals surface area contributed by atoms with Gasteiger partial charge in [0.2, 0.25) is 0 Å². The first-order valence-electron chi connectivity index (χ1n) is 9.68. The normalized spacial score (nSPS) is 13.5. The van der Waals surface area contributed by atoms with Crippen molar-refractivity contribution in [1.29, 1.82) is 0 Å². The summed E-state index contributed by atoms with van der Waals surface area (Å²) in [4.78, 5) is 27.4. The Morgan fingerprint density at radius 1 is 1.16 bits per heavy atom. The van der Waals surface area contributed by atoms with Crippen LogP contribution in [0.4, 0.5) is 11.4 Å². The fourth-order valence-corrected chi connectivity index (χ4v) is 4.19. The number of amides is 1. The van der Waals surface area contributed by atoms with Gasteiger partial charge in [-0.3, -0.25) is 14.9 Å². The molecule has 0 saturated carbocycles. The number of nitrogens with zero attached hydrogens (tertiary/aromatic N) is 3. The quantitative estimate of drug-likeness (QED) is 0.479. The standard InChI is InChI=1S/C21H20N4O5S/c1-31(29,30)18-11-15(10-17(12-18)25(27)28)21(26)22-16-7-5-14(6-8-16)19-13-24-9-3-2-4-20(24)23-19/h5-8,10-13H,2-4,9H2,1H3,(H,22,26). The van der Waals surface area contributed by atoms with Crippen LogP contribution in [0, 0.1) is 10.1 Å². The number of sulfone groups is 1. The third kappa shape index (κ3) is 4.48. The zero-order valence-electron chi connectivity index (χ0n) is 16.7. The zero-order valence-corrected chi connectivity index (χ0v) is 17.6.